The number of hydrogen-bond acceptors (Lipinski definition) is 4. The van der Waals surface area contributed by atoms with Gasteiger partial charge in [-0.15, -0.1) is 5.75 Å². The Kier molecular flexibility index (Phi) is 19.2. The number of rotatable bonds is 0. The second-order valence-electron chi connectivity index (χ2n) is 2.38. The molecule has 15 heavy (non-hydrogen) atoms. The van der Waals surface area contributed by atoms with Gasteiger partial charge in [-0.3, -0.25) is 5.75 Å². The maximum atomic E-state index is 4.73. The Morgan fingerprint density at radius 1 is 0.800 bits per heavy atom. The summed E-state index contributed by atoms with van der Waals surface area (Å²) in [4.78, 5) is 0. The van der Waals surface area contributed by atoms with Gasteiger partial charge in [-0.25, -0.2) is 0 Å². The summed E-state index contributed by atoms with van der Waals surface area (Å²) in [7, 11) is 9.47. The van der Waals surface area contributed by atoms with Crippen LogP contribution in [0.1, 0.15) is 0 Å². The third-order valence-corrected chi connectivity index (χ3v) is 6.09. The molecule has 1 fully saturated rings. The van der Waals surface area contributed by atoms with Crippen molar-refractivity contribution < 1.29 is 12.9 Å². The van der Waals surface area contributed by atoms with Crippen LogP contribution in [0.3, 0.4) is 0 Å². The Labute approximate surface area is 125 Å². The fourth-order valence-corrected chi connectivity index (χ4v) is 5.06. The Bertz CT molecular complexity index is 77.8. The fraction of sp³-hybridized carbons (Fsp3) is 0.875. The third-order valence-electron chi connectivity index (χ3n) is 1.39. The summed E-state index contributed by atoms with van der Waals surface area (Å²) >= 11 is 8.64. The molecule has 0 amide bonds. The molecule has 0 aromatic rings. The second kappa shape index (κ2) is 16.5. The van der Waals surface area contributed by atoms with E-state index in [9.17, 15) is 0 Å². The summed E-state index contributed by atoms with van der Waals surface area (Å²) in [5.74, 6) is 11.6. The normalized spacial score (nSPS) is 20.7. The van der Waals surface area contributed by atoms with Crippen LogP contribution in [0.2, 0.25) is 0 Å². The van der Waals surface area contributed by atoms with Gasteiger partial charge in [0, 0.05) is 17.3 Å². The van der Waals surface area contributed by atoms with Crippen LogP contribution in [0.15, 0.2) is 0 Å². The van der Waals surface area contributed by atoms with E-state index in [0.717, 1.165) is 0 Å². The van der Waals surface area contributed by atoms with E-state index in [2.05, 4.69) is 41.0 Å². The summed E-state index contributed by atoms with van der Waals surface area (Å²) < 4.78 is 0. The number of halogens is 2. The molecule has 0 spiro atoms. The third kappa shape index (κ3) is 16.5. The molecule has 0 nitrogen and oxygen atoms in total. The molecule has 1 heterocycles. The molecule has 0 aromatic heterocycles. The van der Waals surface area contributed by atoms with Crippen LogP contribution in [0.4, 0.5) is 0 Å². The van der Waals surface area contributed by atoms with Gasteiger partial charge in [0.15, 0.2) is 0 Å². The minimum atomic E-state index is 0.382. The van der Waals surface area contributed by atoms with Gasteiger partial charge < -0.3 is 11.8 Å². The first-order chi connectivity index (χ1) is 7.41. The van der Waals surface area contributed by atoms with Gasteiger partial charge in [-0.1, -0.05) is 0 Å². The Morgan fingerprint density at radius 2 is 1.27 bits per heavy atom. The van der Waals surface area contributed by atoms with Gasteiger partial charge in [-0.2, -0.15) is 35.3 Å². The molecule has 0 unspecified atom stereocenters. The zero-order valence-electron chi connectivity index (χ0n) is 8.25. The maximum absolute atomic E-state index is 4.73. The first kappa shape index (κ1) is 17.5. The van der Waals surface area contributed by atoms with Crippen LogP contribution in [-0.2, 0) is 12.9 Å². The van der Waals surface area contributed by atoms with Crippen LogP contribution in [0.25, 0.3) is 0 Å². The van der Waals surface area contributed by atoms with Crippen LogP contribution in [0, 0.1) is 5.75 Å². The predicted octanol–water partition coefficient (Wildman–Crippen LogP) is 4.47. The molecular formula is C8H15Cl2CoS4. The Morgan fingerprint density at radius 3 is 1.87 bits per heavy atom. The van der Waals surface area contributed by atoms with Crippen molar-refractivity contribution in [2.24, 2.45) is 0 Å². The molecule has 94 valence electrons. The zero-order valence-corrected chi connectivity index (χ0v) is 14.1. The van der Waals surface area contributed by atoms with E-state index in [-0.39, 0.29) is 0 Å². The van der Waals surface area contributed by atoms with Crippen molar-refractivity contribution in [2.45, 2.75) is 0 Å². The first-order valence-electron chi connectivity index (χ1n) is 4.42. The molecule has 1 rings (SSSR count). The molecular weight excluding hydrogens is 354 g/mol. The molecule has 0 radical (unpaired) electrons. The molecule has 0 aliphatic carbocycles. The van der Waals surface area contributed by atoms with Crippen molar-refractivity contribution in [2.75, 3.05) is 40.3 Å². The van der Waals surface area contributed by atoms with Gasteiger partial charge in [-0.05, 0) is 17.3 Å². The molecule has 0 aromatic carbocycles. The molecule has 0 N–H and O–H groups in total. The molecule has 7 heteroatoms. The van der Waals surface area contributed by atoms with Crippen molar-refractivity contribution in [1.82, 2.24) is 0 Å². The van der Waals surface area contributed by atoms with Crippen molar-refractivity contribution in [1.29, 1.82) is 0 Å². The van der Waals surface area contributed by atoms with E-state index in [1.165, 1.54) is 40.3 Å². The Balaban J connectivity index is 0.000000583. The van der Waals surface area contributed by atoms with E-state index in [4.69, 9.17) is 20.3 Å². The molecule has 1 aliphatic rings. The van der Waals surface area contributed by atoms with E-state index < -0.39 is 0 Å². The topological polar surface area (TPSA) is 0 Å². The SMILES string of the molecule is [CH-]1CSCCSCCSCCS1.[Cl][Co+][Cl]. The Hall–Kier alpha value is 2.49. The van der Waals surface area contributed by atoms with Crippen molar-refractivity contribution in [3.63, 3.8) is 0 Å². The van der Waals surface area contributed by atoms with E-state index in [1.807, 2.05) is 11.8 Å². The summed E-state index contributed by atoms with van der Waals surface area (Å²) in [5, 5.41) is 0. The van der Waals surface area contributed by atoms with Crippen LogP contribution in [-0.4, -0.2) is 40.3 Å². The summed E-state index contributed by atoms with van der Waals surface area (Å²) in [5.41, 5.74) is 0. The minimum absolute atomic E-state index is 0.382. The van der Waals surface area contributed by atoms with Crippen LogP contribution < -0.4 is 0 Å². The number of hydrogen-bond donors (Lipinski definition) is 0. The van der Waals surface area contributed by atoms with Crippen molar-refractivity contribution in [3.05, 3.63) is 5.75 Å². The van der Waals surface area contributed by atoms with Crippen LogP contribution in [0.5, 0.6) is 0 Å². The van der Waals surface area contributed by atoms with Crippen molar-refractivity contribution >= 4 is 67.3 Å². The standard InChI is InChI=1S/C8H15S4.2ClH.Co/c1-2-10-5-6-12-8-7-11-4-3-9-1;;;/h1H,2-8H2;2*1H;/q-1;;;+3/p-2. The van der Waals surface area contributed by atoms with Gasteiger partial charge in [0.1, 0.15) is 0 Å². The van der Waals surface area contributed by atoms with Crippen LogP contribution >= 0.6 is 67.3 Å². The van der Waals surface area contributed by atoms with Gasteiger partial charge >= 0.3 is 33.2 Å². The molecule has 1 aliphatic heterocycles. The van der Waals surface area contributed by atoms with Crippen molar-refractivity contribution in [3.8, 4) is 0 Å². The van der Waals surface area contributed by atoms with Gasteiger partial charge in [0.2, 0.25) is 0 Å². The second-order valence-corrected chi connectivity index (χ2v) is 8.78. The molecule has 0 bridgehead atoms. The van der Waals surface area contributed by atoms with E-state index in [0.29, 0.717) is 12.9 Å². The van der Waals surface area contributed by atoms with E-state index in [1.54, 1.807) is 0 Å². The molecule has 0 atom stereocenters. The van der Waals surface area contributed by atoms with Gasteiger partial charge in [0.05, 0.1) is 0 Å². The fourth-order valence-electron chi connectivity index (χ4n) is 0.810. The molecule has 1 saturated heterocycles. The first-order valence-corrected chi connectivity index (χ1v) is 11.8. The zero-order chi connectivity index (χ0) is 11.2. The van der Waals surface area contributed by atoms with Gasteiger partial charge in [0.25, 0.3) is 0 Å². The predicted molar refractivity (Wildman–Crippen MR) is 80.4 cm³/mol. The monoisotopic (exact) mass is 368 g/mol. The average molecular weight is 369 g/mol. The summed E-state index contributed by atoms with van der Waals surface area (Å²) in [6.07, 6.45) is 0. The quantitative estimate of drug-likeness (QED) is 0.578. The summed E-state index contributed by atoms with van der Waals surface area (Å²) in [6.45, 7) is 0. The summed E-state index contributed by atoms with van der Waals surface area (Å²) in [6, 6.07) is 0. The number of thioether (sulfide) groups is 4. The van der Waals surface area contributed by atoms with E-state index >= 15 is 0 Å². The molecule has 0 saturated carbocycles. The average Bonchev–Trinajstić information content (AvgIpc) is 2.19.